The Hall–Kier alpha value is -1.45. The number of aryl methyl sites for hydroxylation is 1. The molecular formula is C14H16F3N. The molecule has 1 aliphatic rings. The summed E-state index contributed by atoms with van der Waals surface area (Å²) >= 11 is 0. The molecule has 0 radical (unpaired) electrons. The largest absolute Gasteiger partial charge is 0.430 e. The summed E-state index contributed by atoms with van der Waals surface area (Å²) in [6, 6.07) is 8.18. The zero-order valence-corrected chi connectivity index (χ0v) is 10.2. The first kappa shape index (κ1) is 13.0. The first-order chi connectivity index (χ1) is 8.38. The van der Waals surface area contributed by atoms with Gasteiger partial charge in [-0.15, -0.1) is 0 Å². The van der Waals surface area contributed by atoms with Crippen molar-refractivity contribution in [2.75, 3.05) is 6.54 Å². The van der Waals surface area contributed by atoms with Gasteiger partial charge in [-0.1, -0.05) is 36.4 Å². The molecule has 2 unspecified atom stereocenters. The second-order valence-electron chi connectivity index (χ2n) is 4.87. The summed E-state index contributed by atoms with van der Waals surface area (Å²) in [5, 5.41) is 2.38. The highest BCUT2D eigenvalue weighted by molar-refractivity contribution is 5.29. The van der Waals surface area contributed by atoms with E-state index in [1.807, 2.05) is 19.1 Å². The molecule has 2 rings (SSSR count). The summed E-state index contributed by atoms with van der Waals surface area (Å²) in [5.41, 5.74) is 1.56. The highest BCUT2D eigenvalue weighted by Crippen LogP contribution is 2.47. The van der Waals surface area contributed by atoms with E-state index < -0.39 is 11.9 Å². The number of hydrogen-bond acceptors (Lipinski definition) is 1. The zero-order chi connectivity index (χ0) is 13.3. The Morgan fingerprint density at radius 2 is 1.94 bits per heavy atom. The summed E-state index contributed by atoms with van der Waals surface area (Å²) < 4.78 is 36.7. The Morgan fingerprint density at radius 3 is 2.50 bits per heavy atom. The summed E-state index contributed by atoms with van der Waals surface area (Å²) in [6.45, 7) is 5.36. The molecule has 0 saturated heterocycles. The van der Waals surface area contributed by atoms with Gasteiger partial charge < -0.3 is 5.32 Å². The van der Waals surface area contributed by atoms with E-state index >= 15 is 0 Å². The van der Waals surface area contributed by atoms with E-state index in [-0.39, 0.29) is 5.92 Å². The van der Waals surface area contributed by atoms with Gasteiger partial charge in [0.15, 0.2) is 0 Å². The number of alkyl halides is 3. The molecule has 0 heterocycles. The van der Waals surface area contributed by atoms with Crippen LogP contribution in [0.1, 0.15) is 23.5 Å². The quantitative estimate of drug-likeness (QED) is 0.863. The zero-order valence-electron chi connectivity index (χ0n) is 10.2. The average molecular weight is 255 g/mol. The van der Waals surface area contributed by atoms with E-state index in [2.05, 4.69) is 24.0 Å². The van der Waals surface area contributed by atoms with Crippen molar-refractivity contribution in [3.8, 4) is 0 Å². The molecule has 1 aromatic rings. The Labute approximate surface area is 105 Å². The maximum Gasteiger partial charge on any atom is 0.430 e. The number of allylic oxidation sites excluding steroid dienone is 1. The van der Waals surface area contributed by atoms with Crippen LogP contribution in [0.5, 0.6) is 0 Å². The van der Waals surface area contributed by atoms with Crippen LogP contribution in [-0.2, 0) is 0 Å². The van der Waals surface area contributed by atoms with Crippen LogP contribution in [0.15, 0.2) is 36.5 Å². The number of hydrogen-bond donors (Lipinski definition) is 1. The monoisotopic (exact) mass is 255 g/mol. The van der Waals surface area contributed by atoms with Crippen molar-refractivity contribution in [1.29, 1.82) is 0 Å². The van der Waals surface area contributed by atoms with Gasteiger partial charge >= 0.3 is 6.18 Å². The van der Waals surface area contributed by atoms with Crippen molar-refractivity contribution in [3.63, 3.8) is 0 Å². The van der Waals surface area contributed by atoms with Crippen molar-refractivity contribution >= 4 is 0 Å². The third kappa shape index (κ3) is 3.06. The van der Waals surface area contributed by atoms with Crippen LogP contribution in [0, 0.1) is 12.8 Å². The van der Waals surface area contributed by atoms with Crippen LogP contribution in [0.2, 0.25) is 0 Å². The fourth-order valence-electron chi connectivity index (χ4n) is 2.05. The summed E-state index contributed by atoms with van der Waals surface area (Å²) in [6.07, 6.45) is -3.39. The van der Waals surface area contributed by atoms with Crippen molar-refractivity contribution in [3.05, 3.63) is 47.7 Å². The van der Waals surface area contributed by atoms with E-state index in [0.29, 0.717) is 12.5 Å². The lowest BCUT2D eigenvalue weighted by Gasteiger charge is -2.12. The molecule has 4 heteroatoms. The van der Waals surface area contributed by atoms with Crippen LogP contribution in [0.4, 0.5) is 13.2 Å². The maximum atomic E-state index is 12.2. The number of benzene rings is 1. The second kappa shape index (κ2) is 4.67. The minimum atomic E-state index is -4.34. The van der Waals surface area contributed by atoms with Gasteiger partial charge in [0.1, 0.15) is 5.70 Å². The highest BCUT2D eigenvalue weighted by Gasteiger charge is 2.39. The van der Waals surface area contributed by atoms with Gasteiger partial charge in [0.25, 0.3) is 0 Å². The molecule has 0 spiro atoms. The molecule has 1 aliphatic carbocycles. The predicted octanol–water partition coefficient (Wildman–Crippen LogP) is 3.76. The Kier molecular flexibility index (Phi) is 3.37. The molecule has 0 aliphatic heterocycles. The Morgan fingerprint density at radius 1 is 1.33 bits per heavy atom. The molecule has 98 valence electrons. The van der Waals surface area contributed by atoms with E-state index in [1.165, 1.54) is 11.1 Å². The molecule has 2 atom stereocenters. The fourth-order valence-corrected chi connectivity index (χ4v) is 2.05. The van der Waals surface area contributed by atoms with Gasteiger partial charge in [0.2, 0.25) is 0 Å². The van der Waals surface area contributed by atoms with E-state index in [0.717, 1.165) is 6.42 Å². The predicted molar refractivity (Wildman–Crippen MR) is 65.2 cm³/mol. The molecule has 1 saturated carbocycles. The standard InChI is InChI=1S/C14H16F3N/c1-9-3-5-11(6-4-9)13-7-12(13)8-18-10(2)14(15,16)17/h3-6,12-13,18H,2,7-8H2,1H3. The second-order valence-corrected chi connectivity index (χ2v) is 4.87. The average Bonchev–Trinajstić information content (AvgIpc) is 3.05. The van der Waals surface area contributed by atoms with E-state index in [9.17, 15) is 13.2 Å². The van der Waals surface area contributed by atoms with Gasteiger partial charge in [0, 0.05) is 6.54 Å². The first-order valence-electron chi connectivity index (χ1n) is 5.94. The lowest BCUT2D eigenvalue weighted by molar-refractivity contribution is -0.0963. The van der Waals surface area contributed by atoms with Gasteiger partial charge in [-0.3, -0.25) is 0 Å². The topological polar surface area (TPSA) is 12.0 Å². The van der Waals surface area contributed by atoms with Crippen LogP contribution >= 0.6 is 0 Å². The van der Waals surface area contributed by atoms with Gasteiger partial charge in [-0.05, 0) is 30.7 Å². The molecular weight excluding hydrogens is 239 g/mol. The highest BCUT2D eigenvalue weighted by atomic mass is 19.4. The van der Waals surface area contributed by atoms with Gasteiger partial charge in [-0.25, -0.2) is 0 Å². The normalized spacial score (nSPS) is 22.7. The van der Waals surface area contributed by atoms with Crippen molar-refractivity contribution in [1.82, 2.24) is 5.32 Å². The lowest BCUT2D eigenvalue weighted by Crippen LogP contribution is -2.27. The van der Waals surface area contributed by atoms with Crippen LogP contribution < -0.4 is 5.32 Å². The molecule has 0 bridgehead atoms. The summed E-state index contributed by atoms with van der Waals surface area (Å²) in [5.74, 6) is 0.672. The number of nitrogens with one attached hydrogen (secondary N) is 1. The molecule has 1 N–H and O–H groups in total. The maximum absolute atomic E-state index is 12.2. The summed E-state index contributed by atoms with van der Waals surface area (Å²) in [4.78, 5) is 0. The molecule has 1 fully saturated rings. The minimum Gasteiger partial charge on any atom is -0.381 e. The first-order valence-corrected chi connectivity index (χ1v) is 5.94. The van der Waals surface area contributed by atoms with Crippen LogP contribution in [0.25, 0.3) is 0 Å². The van der Waals surface area contributed by atoms with Crippen molar-refractivity contribution in [2.45, 2.75) is 25.4 Å². The van der Waals surface area contributed by atoms with Gasteiger partial charge in [-0.2, -0.15) is 13.2 Å². The number of halogens is 3. The molecule has 18 heavy (non-hydrogen) atoms. The third-order valence-electron chi connectivity index (χ3n) is 3.35. The van der Waals surface area contributed by atoms with E-state index in [1.54, 1.807) is 0 Å². The SMILES string of the molecule is C=C(NCC1CC1c1ccc(C)cc1)C(F)(F)F. The molecule has 1 nitrogen and oxygen atoms in total. The van der Waals surface area contributed by atoms with Crippen molar-refractivity contribution in [2.24, 2.45) is 5.92 Å². The molecule has 1 aromatic carbocycles. The Balaban J connectivity index is 1.82. The van der Waals surface area contributed by atoms with Crippen LogP contribution in [-0.4, -0.2) is 12.7 Å². The summed E-state index contributed by atoms with van der Waals surface area (Å²) in [7, 11) is 0. The number of rotatable bonds is 4. The van der Waals surface area contributed by atoms with Crippen LogP contribution in [0.3, 0.4) is 0 Å². The van der Waals surface area contributed by atoms with E-state index in [4.69, 9.17) is 0 Å². The lowest BCUT2D eigenvalue weighted by atomic mass is 10.1. The fraction of sp³-hybridized carbons (Fsp3) is 0.429. The van der Waals surface area contributed by atoms with Crippen molar-refractivity contribution < 1.29 is 13.2 Å². The molecule has 0 aromatic heterocycles. The third-order valence-corrected chi connectivity index (χ3v) is 3.35. The van der Waals surface area contributed by atoms with Gasteiger partial charge in [0.05, 0.1) is 0 Å². The Bertz CT molecular complexity index is 433. The minimum absolute atomic E-state index is 0.284. The smallest absolute Gasteiger partial charge is 0.381 e. The molecule has 0 amide bonds.